The Balaban J connectivity index is 2.94. The first-order chi connectivity index (χ1) is 6.83. The fourth-order valence-electron chi connectivity index (χ4n) is 0.880. The normalized spacial score (nSPS) is 11.9. The Morgan fingerprint density at radius 1 is 1.33 bits per heavy atom. The fourth-order valence-corrected chi connectivity index (χ4v) is 1.21. The van der Waals surface area contributed by atoms with Gasteiger partial charge in [-0.1, -0.05) is 6.07 Å². The molecule has 1 aromatic rings. The molecule has 0 N–H and O–H groups in total. The van der Waals surface area contributed by atoms with E-state index in [1.807, 2.05) is 0 Å². The minimum atomic E-state index is -4.48. The van der Waals surface area contributed by atoms with Gasteiger partial charge in [0.25, 0.3) is 0 Å². The molecule has 0 aromatic heterocycles. The lowest BCUT2D eigenvalue weighted by Crippen LogP contribution is -2.33. The number of rotatable bonds is 3. The van der Waals surface area contributed by atoms with Crippen molar-refractivity contribution in [1.29, 1.82) is 0 Å². The summed E-state index contributed by atoms with van der Waals surface area (Å²) in [5.41, 5.74) is 0.637. The highest BCUT2D eigenvalue weighted by atomic mass is 79.9. The predicted octanol–water partition coefficient (Wildman–Crippen LogP) is 3.99. The number of hydrogen-bond acceptors (Lipinski definition) is 1. The first-order valence-corrected chi connectivity index (χ1v) is 4.73. The number of alkyl halides is 4. The van der Waals surface area contributed by atoms with E-state index in [1.54, 1.807) is 13.0 Å². The van der Waals surface area contributed by atoms with Crippen molar-refractivity contribution in [3.8, 4) is 5.75 Å². The highest BCUT2D eigenvalue weighted by Crippen LogP contribution is 2.33. The number of halogens is 5. The van der Waals surface area contributed by atoms with Crippen molar-refractivity contribution in [2.75, 3.05) is 0 Å². The molecule has 0 bridgehead atoms. The van der Waals surface area contributed by atoms with E-state index in [9.17, 15) is 17.6 Å². The van der Waals surface area contributed by atoms with Crippen LogP contribution in [0.1, 0.15) is 5.56 Å². The van der Waals surface area contributed by atoms with Crippen LogP contribution in [0.25, 0.3) is 0 Å². The van der Waals surface area contributed by atoms with Gasteiger partial charge in [-0.2, -0.15) is 17.6 Å². The van der Waals surface area contributed by atoms with Crippen LogP contribution in [0.15, 0.2) is 22.7 Å². The lowest BCUT2D eigenvalue weighted by Gasteiger charge is -2.17. The van der Waals surface area contributed by atoms with Crippen molar-refractivity contribution < 1.29 is 22.3 Å². The summed E-state index contributed by atoms with van der Waals surface area (Å²) in [4.78, 5) is 0. The van der Waals surface area contributed by atoms with Crippen LogP contribution in [0.5, 0.6) is 5.75 Å². The van der Waals surface area contributed by atoms with Crippen molar-refractivity contribution in [1.82, 2.24) is 0 Å². The molecule has 15 heavy (non-hydrogen) atoms. The molecule has 1 rings (SSSR count). The van der Waals surface area contributed by atoms with Crippen LogP contribution in [-0.2, 0) is 0 Å². The van der Waals surface area contributed by atoms with E-state index in [4.69, 9.17) is 0 Å². The average molecular weight is 287 g/mol. The highest BCUT2D eigenvalue weighted by Gasteiger charge is 2.44. The summed E-state index contributed by atoms with van der Waals surface area (Å²) in [6.45, 7) is 1.64. The molecule has 0 atom stereocenters. The molecule has 6 heteroatoms. The third kappa shape index (κ3) is 3.09. The zero-order chi connectivity index (χ0) is 11.6. The minimum Gasteiger partial charge on any atom is -0.427 e. The van der Waals surface area contributed by atoms with Gasteiger partial charge in [0.05, 0.1) is 4.47 Å². The maximum absolute atomic E-state index is 12.6. The predicted molar refractivity (Wildman–Crippen MR) is 50.5 cm³/mol. The van der Waals surface area contributed by atoms with Gasteiger partial charge in [0, 0.05) is 0 Å². The molecule has 0 unspecified atom stereocenters. The summed E-state index contributed by atoms with van der Waals surface area (Å²) in [5, 5.41) is 0. The fraction of sp³-hybridized carbons (Fsp3) is 0.333. The van der Waals surface area contributed by atoms with Crippen molar-refractivity contribution in [2.45, 2.75) is 19.5 Å². The van der Waals surface area contributed by atoms with E-state index >= 15 is 0 Å². The Bertz CT molecular complexity index is 354. The Labute approximate surface area is 92.2 Å². The summed E-state index contributed by atoms with van der Waals surface area (Å²) in [7, 11) is 0. The largest absolute Gasteiger partial charge is 0.461 e. The van der Waals surface area contributed by atoms with Crippen LogP contribution in [-0.4, -0.2) is 12.5 Å². The van der Waals surface area contributed by atoms with Crippen molar-refractivity contribution in [2.24, 2.45) is 0 Å². The molecule has 0 saturated carbocycles. The van der Waals surface area contributed by atoms with Gasteiger partial charge in [0.15, 0.2) is 0 Å². The second-order valence-corrected chi connectivity index (χ2v) is 3.75. The monoisotopic (exact) mass is 286 g/mol. The number of benzene rings is 1. The minimum absolute atomic E-state index is 0.202. The summed E-state index contributed by atoms with van der Waals surface area (Å²) in [5.74, 6) is -0.305. The van der Waals surface area contributed by atoms with Crippen LogP contribution in [0, 0.1) is 6.92 Å². The smallest absolute Gasteiger partial charge is 0.427 e. The Hall–Kier alpha value is -0.780. The van der Waals surface area contributed by atoms with Gasteiger partial charge in [-0.15, -0.1) is 0 Å². The number of aryl methyl sites for hydroxylation is 1. The second kappa shape index (κ2) is 4.38. The van der Waals surface area contributed by atoms with Crippen LogP contribution in [0.2, 0.25) is 0 Å². The molecule has 0 spiro atoms. The molecule has 0 heterocycles. The summed E-state index contributed by atoms with van der Waals surface area (Å²) in [6, 6.07) is 4.34. The molecule has 0 aliphatic carbocycles. The topological polar surface area (TPSA) is 9.23 Å². The molecule has 84 valence electrons. The van der Waals surface area contributed by atoms with Gasteiger partial charge in [-0.25, -0.2) is 0 Å². The molecule has 0 fully saturated rings. The van der Waals surface area contributed by atoms with E-state index in [0.29, 0.717) is 5.56 Å². The van der Waals surface area contributed by atoms with Gasteiger partial charge in [-0.05, 0) is 40.5 Å². The van der Waals surface area contributed by atoms with E-state index in [2.05, 4.69) is 20.7 Å². The third-order valence-corrected chi connectivity index (χ3v) is 2.24. The highest BCUT2D eigenvalue weighted by molar-refractivity contribution is 9.10. The third-order valence-electron chi connectivity index (χ3n) is 1.59. The Kier molecular flexibility index (Phi) is 3.59. The van der Waals surface area contributed by atoms with E-state index in [-0.39, 0.29) is 10.2 Å². The molecule has 1 aromatic carbocycles. The zero-order valence-corrected chi connectivity index (χ0v) is 9.19. The molecule has 0 saturated heterocycles. The average Bonchev–Trinajstić information content (AvgIpc) is 2.10. The lowest BCUT2D eigenvalue weighted by atomic mass is 10.2. The molecular formula is C9H7BrF4O. The molecule has 0 amide bonds. The Morgan fingerprint density at radius 3 is 2.47 bits per heavy atom. The van der Waals surface area contributed by atoms with Gasteiger partial charge < -0.3 is 4.74 Å². The van der Waals surface area contributed by atoms with Crippen LogP contribution < -0.4 is 4.74 Å². The first-order valence-electron chi connectivity index (χ1n) is 3.94. The maximum Gasteiger partial charge on any atom is 0.461 e. The van der Waals surface area contributed by atoms with Crippen LogP contribution in [0.4, 0.5) is 17.6 Å². The van der Waals surface area contributed by atoms with Gasteiger partial charge in [0.2, 0.25) is 0 Å². The molecule has 0 radical (unpaired) electrons. The van der Waals surface area contributed by atoms with Crippen molar-refractivity contribution in [3.05, 3.63) is 28.2 Å². The molecule has 0 aliphatic rings. The van der Waals surface area contributed by atoms with Gasteiger partial charge >= 0.3 is 12.5 Å². The summed E-state index contributed by atoms with van der Waals surface area (Å²) in [6.07, 6.45) is -8.33. The second-order valence-electron chi connectivity index (χ2n) is 2.90. The molecular weight excluding hydrogens is 280 g/mol. The van der Waals surface area contributed by atoms with Gasteiger partial charge in [0.1, 0.15) is 5.75 Å². The maximum atomic E-state index is 12.6. The molecule has 0 aliphatic heterocycles. The van der Waals surface area contributed by atoms with Crippen molar-refractivity contribution in [3.63, 3.8) is 0 Å². The van der Waals surface area contributed by atoms with E-state index < -0.39 is 12.5 Å². The van der Waals surface area contributed by atoms with Crippen LogP contribution >= 0.6 is 15.9 Å². The SMILES string of the molecule is Cc1ccc(Br)c(OC(F)(F)C(F)F)c1. The first kappa shape index (κ1) is 12.3. The van der Waals surface area contributed by atoms with E-state index in [1.165, 1.54) is 12.1 Å². The Morgan fingerprint density at radius 2 is 1.93 bits per heavy atom. The standard InChI is InChI=1S/C9H7BrF4O/c1-5-2-3-6(10)7(4-5)15-9(13,14)8(11)12/h2-4,8H,1H3. The summed E-state index contributed by atoms with van der Waals surface area (Å²) < 4.78 is 52.9. The molecule has 1 nitrogen and oxygen atoms in total. The van der Waals surface area contributed by atoms with Crippen LogP contribution in [0.3, 0.4) is 0 Å². The number of ether oxygens (including phenoxy) is 1. The number of hydrogen-bond donors (Lipinski definition) is 0. The zero-order valence-electron chi connectivity index (χ0n) is 7.61. The van der Waals surface area contributed by atoms with Gasteiger partial charge in [-0.3, -0.25) is 0 Å². The summed E-state index contributed by atoms with van der Waals surface area (Å²) >= 11 is 2.93. The van der Waals surface area contributed by atoms with Crippen molar-refractivity contribution >= 4 is 15.9 Å². The lowest BCUT2D eigenvalue weighted by molar-refractivity contribution is -0.253. The van der Waals surface area contributed by atoms with E-state index in [0.717, 1.165) is 0 Å². The quantitative estimate of drug-likeness (QED) is 0.764.